The van der Waals surface area contributed by atoms with E-state index in [9.17, 15) is 9.59 Å². The maximum Gasteiger partial charge on any atom is 0.337 e. The predicted octanol–water partition coefficient (Wildman–Crippen LogP) is 3.79. The molecule has 0 aromatic heterocycles. The molecule has 1 unspecified atom stereocenters. The van der Waals surface area contributed by atoms with E-state index in [4.69, 9.17) is 4.74 Å². The molecule has 0 saturated carbocycles. The van der Waals surface area contributed by atoms with Gasteiger partial charge in [-0.3, -0.25) is 4.90 Å². The van der Waals surface area contributed by atoms with E-state index < -0.39 is 5.97 Å². The van der Waals surface area contributed by atoms with Crippen molar-refractivity contribution in [3.05, 3.63) is 77.9 Å². The fourth-order valence-corrected chi connectivity index (χ4v) is 4.12. The topological polar surface area (TPSA) is 73.9 Å². The van der Waals surface area contributed by atoms with Crippen molar-refractivity contribution in [2.24, 2.45) is 0 Å². The number of urea groups is 1. The molecule has 34 heavy (non-hydrogen) atoms. The van der Waals surface area contributed by atoms with Crippen LogP contribution in [-0.2, 0) is 11.2 Å². The molecule has 1 aliphatic rings. The number of nitrogens with zero attached hydrogens (tertiary/aromatic N) is 2. The highest BCUT2D eigenvalue weighted by Crippen LogP contribution is 2.17. The zero-order chi connectivity index (χ0) is 24.3. The van der Waals surface area contributed by atoms with E-state index in [1.54, 1.807) is 24.3 Å². The van der Waals surface area contributed by atoms with Gasteiger partial charge in [-0.05, 0) is 49.1 Å². The summed E-state index contributed by atoms with van der Waals surface area (Å²) in [5.74, 6) is -0.436. The number of rotatable bonds is 10. The van der Waals surface area contributed by atoms with E-state index in [0.717, 1.165) is 51.1 Å². The van der Waals surface area contributed by atoms with Gasteiger partial charge >= 0.3 is 12.0 Å². The Balaban J connectivity index is 1.69. The molecule has 3 rings (SSSR count). The molecule has 1 atom stereocenters. The smallest absolute Gasteiger partial charge is 0.337 e. The Hall–Kier alpha value is -3.16. The molecule has 0 aliphatic carbocycles. The van der Waals surface area contributed by atoms with Crippen molar-refractivity contribution in [2.75, 3.05) is 51.7 Å². The van der Waals surface area contributed by atoms with E-state index in [2.05, 4.69) is 41.2 Å². The van der Waals surface area contributed by atoms with Crippen LogP contribution in [0.4, 0.5) is 10.5 Å². The third-order valence-corrected chi connectivity index (χ3v) is 6.07. The van der Waals surface area contributed by atoms with Crippen LogP contribution >= 0.6 is 0 Å². The van der Waals surface area contributed by atoms with Crippen LogP contribution in [-0.4, -0.2) is 74.2 Å². The number of hydrogen-bond donors (Lipinski definition) is 2. The van der Waals surface area contributed by atoms with E-state index in [0.29, 0.717) is 17.8 Å². The first-order valence-electron chi connectivity index (χ1n) is 11.9. The second kappa shape index (κ2) is 12.9. The summed E-state index contributed by atoms with van der Waals surface area (Å²) in [6, 6.07) is 16.9. The number of amides is 2. The number of carbonyl (C=O) groups is 2. The number of carbonyl (C=O) groups excluding carboxylic acids is 2. The summed E-state index contributed by atoms with van der Waals surface area (Å²) in [5.41, 5.74) is 3.21. The number of aryl methyl sites for hydroxylation is 1. The van der Waals surface area contributed by atoms with Gasteiger partial charge in [0, 0.05) is 51.0 Å². The first-order chi connectivity index (χ1) is 16.5. The minimum Gasteiger partial charge on any atom is -0.465 e. The van der Waals surface area contributed by atoms with Gasteiger partial charge in [-0.25, -0.2) is 9.59 Å². The maximum atomic E-state index is 13.4. The standard InChI is InChI=1S/C27H36N4O3/c1-21(19-30-16-14-28-15-17-30)20-31(22(2)12-13-23-8-5-4-6-9-23)27(33)29-25-11-7-10-24(18-25)26(32)34-3/h4-11,18,22,28H,1,12-17,19-20H2,2-3H3,(H,29,33). The number of esters is 1. The lowest BCUT2D eigenvalue weighted by molar-refractivity contribution is 0.0600. The van der Waals surface area contributed by atoms with Crippen LogP contribution in [0.15, 0.2) is 66.7 Å². The second-order valence-corrected chi connectivity index (χ2v) is 8.78. The summed E-state index contributed by atoms with van der Waals surface area (Å²) >= 11 is 0. The van der Waals surface area contributed by atoms with Gasteiger partial charge in [0.1, 0.15) is 0 Å². The molecule has 1 aliphatic heterocycles. The SMILES string of the molecule is C=C(CN1CCNCC1)CN(C(=O)Nc1cccc(C(=O)OC)c1)C(C)CCc1ccccc1. The van der Waals surface area contributed by atoms with Gasteiger partial charge in [0.15, 0.2) is 0 Å². The van der Waals surface area contributed by atoms with Crippen molar-refractivity contribution >= 4 is 17.7 Å². The van der Waals surface area contributed by atoms with E-state index >= 15 is 0 Å². The van der Waals surface area contributed by atoms with E-state index in [-0.39, 0.29) is 12.1 Å². The zero-order valence-electron chi connectivity index (χ0n) is 20.3. The number of hydrogen-bond acceptors (Lipinski definition) is 5. The van der Waals surface area contributed by atoms with Gasteiger partial charge in [0.25, 0.3) is 0 Å². The van der Waals surface area contributed by atoms with Crippen LogP contribution < -0.4 is 10.6 Å². The van der Waals surface area contributed by atoms with Crippen LogP contribution in [0.2, 0.25) is 0 Å². The summed E-state index contributed by atoms with van der Waals surface area (Å²) in [6.07, 6.45) is 1.72. The van der Waals surface area contributed by atoms with Crippen LogP contribution in [0, 0.1) is 0 Å². The molecule has 1 saturated heterocycles. The molecule has 2 N–H and O–H groups in total. The number of anilines is 1. The number of benzene rings is 2. The lowest BCUT2D eigenvalue weighted by Gasteiger charge is -2.33. The van der Waals surface area contributed by atoms with Crippen LogP contribution in [0.5, 0.6) is 0 Å². The normalized spacial score (nSPS) is 14.8. The third-order valence-electron chi connectivity index (χ3n) is 6.07. The summed E-state index contributed by atoms with van der Waals surface area (Å²) < 4.78 is 4.80. The van der Waals surface area contributed by atoms with Crippen molar-refractivity contribution in [1.29, 1.82) is 0 Å². The molecule has 7 heteroatoms. The molecule has 0 radical (unpaired) electrons. The second-order valence-electron chi connectivity index (χ2n) is 8.78. The van der Waals surface area contributed by atoms with Crippen LogP contribution in [0.25, 0.3) is 0 Å². The highest BCUT2D eigenvalue weighted by Gasteiger charge is 2.22. The molecule has 0 spiro atoms. The molecular weight excluding hydrogens is 428 g/mol. The first kappa shape index (κ1) is 25.5. The van der Waals surface area contributed by atoms with E-state index in [1.807, 2.05) is 23.1 Å². The van der Waals surface area contributed by atoms with Crippen molar-refractivity contribution in [3.63, 3.8) is 0 Å². The summed E-state index contributed by atoms with van der Waals surface area (Å²) in [5, 5.41) is 6.33. The molecule has 182 valence electrons. The van der Waals surface area contributed by atoms with Gasteiger partial charge < -0.3 is 20.3 Å². The average Bonchev–Trinajstić information content (AvgIpc) is 2.86. The largest absolute Gasteiger partial charge is 0.465 e. The van der Waals surface area contributed by atoms with Gasteiger partial charge in [-0.15, -0.1) is 0 Å². The molecule has 2 aromatic carbocycles. The van der Waals surface area contributed by atoms with Crippen molar-refractivity contribution in [2.45, 2.75) is 25.8 Å². The molecule has 2 amide bonds. The Bertz CT molecular complexity index is 957. The number of piperazine rings is 1. The van der Waals surface area contributed by atoms with E-state index in [1.165, 1.54) is 12.7 Å². The van der Waals surface area contributed by atoms with Crippen molar-refractivity contribution < 1.29 is 14.3 Å². The molecular formula is C27H36N4O3. The fourth-order valence-electron chi connectivity index (χ4n) is 4.12. The highest BCUT2D eigenvalue weighted by atomic mass is 16.5. The Labute approximate surface area is 202 Å². The minimum atomic E-state index is -0.436. The average molecular weight is 465 g/mol. The highest BCUT2D eigenvalue weighted by molar-refractivity contribution is 5.94. The van der Waals surface area contributed by atoms with Crippen molar-refractivity contribution in [3.8, 4) is 0 Å². The zero-order valence-corrected chi connectivity index (χ0v) is 20.3. The van der Waals surface area contributed by atoms with Gasteiger partial charge in [-0.1, -0.05) is 43.0 Å². The third kappa shape index (κ3) is 7.71. The quantitative estimate of drug-likeness (QED) is 0.413. The maximum absolute atomic E-state index is 13.4. The number of ether oxygens (including phenoxy) is 1. The van der Waals surface area contributed by atoms with Crippen molar-refractivity contribution in [1.82, 2.24) is 15.1 Å². The monoisotopic (exact) mass is 464 g/mol. The van der Waals surface area contributed by atoms with Gasteiger partial charge in [0.05, 0.1) is 12.7 Å². The molecule has 2 aromatic rings. The fraction of sp³-hybridized carbons (Fsp3) is 0.407. The molecule has 1 fully saturated rings. The Morgan fingerprint density at radius 3 is 2.59 bits per heavy atom. The predicted molar refractivity (Wildman–Crippen MR) is 136 cm³/mol. The van der Waals surface area contributed by atoms with Gasteiger partial charge in [0.2, 0.25) is 0 Å². The van der Waals surface area contributed by atoms with Gasteiger partial charge in [-0.2, -0.15) is 0 Å². The lowest BCUT2D eigenvalue weighted by Crippen LogP contribution is -2.47. The molecule has 1 heterocycles. The Morgan fingerprint density at radius 1 is 1.15 bits per heavy atom. The number of nitrogens with one attached hydrogen (secondary N) is 2. The van der Waals surface area contributed by atoms with Crippen LogP contribution in [0.1, 0.15) is 29.3 Å². The van der Waals surface area contributed by atoms with Crippen LogP contribution in [0.3, 0.4) is 0 Å². The first-order valence-corrected chi connectivity index (χ1v) is 11.9. The lowest BCUT2D eigenvalue weighted by atomic mass is 10.0. The Kier molecular flexibility index (Phi) is 9.67. The number of methoxy groups -OCH3 is 1. The molecule has 7 nitrogen and oxygen atoms in total. The summed E-state index contributed by atoms with van der Waals surface area (Å²) in [6.45, 7) is 11.5. The Morgan fingerprint density at radius 2 is 1.88 bits per heavy atom. The minimum absolute atomic E-state index is 0.00349. The summed E-state index contributed by atoms with van der Waals surface area (Å²) in [4.78, 5) is 29.5. The summed E-state index contributed by atoms with van der Waals surface area (Å²) in [7, 11) is 1.34. The molecule has 0 bridgehead atoms.